The molecule has 0 bridgehead atoms. The fourth-order valence-electron chi connectivity index (χ4n) is 2.88. The lowest BCUT2D eigenvalue weighted by Gasteiger charge is -2.05. The average molecular weight is 274 g/mol. The first-order valence-electron chi connectivity index (χ1n) is 6.93. The number of nitrogens with one attached hydrogen (secondary N) is 2. The first kappa shape index (κ1) is 12.0. The molecule has 0 spiro atoms. The fourth-order valence-corrected chi connectivity index (χ4v) is 2.88. The van der Waals surface area contributed by atoms with Gasteiger partial charge in [0, 0.05) is 28.2 Å². The summed E-state index contributed by atoms with van der Waals surface area (Å²) in [5.41, 5.74) is 4.61. The van der Waals surface area contributed by atoms with Crippen molar-refractivity contribution < 1.29 is 0 Å². The van der Waals surface area contributed by atoms with Crippen LogP contribution in [0.25, 0.3) is 32.9 Å². The van der Waals surface area contributed by atoms with E-state index >= 15 is 0 Å². The smallest absolute Gasteiger partial charge is 0.256 e. The van der Waals surface area contributed by atoms with Gasteiger partial charge in [-0.1, -0.05) is 36.4 Å². The van der Waals surface area contributed by atoms with E-state index in [9.17, 15) is 4.79 Å². The highest BCUT2D eigenvalue weighted by Gasteiger charge is 2.11. The summed E-state index contributed by atoms with van der Waals surface area (Å²) in [6, 6.07) is 16.0. The number of pyridine rings is 1. The molecule has 21 heavy (non-hydrogen) atoms. The Morgan fingerprint density at radius 3 is 2.71 bits per heavy atom. The average Bonchev–Trinajstić information content (AvgIpc) is 2.92. The van der Waals surface area contributed by atoms with Gasteiger partial charge in [-0.2, -0.15) is 0 Å². The topological polar surface area (TPSA) is 48.6 Å². The molecule has 2 aromatic heterocycles. The maximum absolute atomic E-state index is 12.5. The van der Waals surface area contributed by atoms with E-state index in [1.165, 1.54) is 0 Å². The second kappa shape index (κ2) is 4.35. The molecule has 0 saturated carbocycles. The van der Waals surface area contributed by atoms with E-state index in [-0.39, 0.29) is 5.56 Å². The summed E-state index contributed by atoms with van der Waals surface area (Å²) in [6.07, 6.45) is 1.90. The van der Waals surface area contributed by atoms with Gasteiger partial charge in [0.15, 0.2) is 0 Å². The quantitative estimate of drug-likeness (QED) is 0.542. The molecule has 102 valence electrons. The zero-order valence-corrected chi connectivity index (χ0v) is 11.6. The van der Waals surface area contributed by atoms with Gasteiger partial charge in [-0.05, 0) is 30.0 Å². The molecule has 0 aliphatic carbocycles. The van der Waals surface area contributed by atoms with Crippen LogP contribution in [0.1, 0.15) is 5.56 Å². The number of rotatable bonds is 1. The highest BCUT2D eigenvalue weighted by Crippen LogP contribution is 2.28. The Kier molecular flexibility index (Phi) is 2.48. The first-order valence-corrected chi connectivity index (χ1v) is 6.93. The predicted molar refractivity (Wildman–Crippen MR) is 86.6 cm³/mol. The Balaban J connectivity index is 2.07. The van der Waals surface area contributed by atoms with Crippen molar-refractivity contribution in [2.75, 3.05) is 0 Å². The Morgan fingerprint density at radius 2 is 1.81 bits per heavy atom. The van der Waals surface area contributed by atoms with E-state index in [1.807, 2.05) is 61.7 Å². The first-order chi connectivity index (χ1) is 10.2. The van der Waals surface area contributed by atoms with Crippen LogP contribution in [0.4, 0.5) is 0 Å². The van der Waals surface area contributed by atoms with Gasteiger partial charge in [-0.25, -0.2) is 0 Å². The van der Waals surface area contributed by atoms with E-state index < -0.39 is 0 Å². The molecular weight excluding hydrogens is 260 g/mol. The fraction of sp³-hybridized carbons (Fsp3) is 0.0556. The van der Waals surface area contributed by atoms with Crippen molar-refractivity contribution in [2.24, 2.45) is 0 Å². The number of aromatic amines is 2. The van der Waals surface area contributed by atoms with Crippen molar-refractivity contribution >= 4 is 21.8 Å². The van der Waals surface area contributed by atoms with Gasteiger partial charge < -0.3 is 9.97 Å². The molecule has 0 atom stereocenters. The van der Waals surface area contributed by atoms with Gasteiger partial charge in [0.2, 0.25) is 0 Å². The minimum absolute atomic E-state index is 0.0541. The van der Waals surface area contributed by atoms with Crippen LogP contribution in [0.3, 0.4) is 0 Å². The molecule has 0 aliphatic rings. The zero-order valence-electron chi connectivity index (χ0n) is 11.6. The summed E-state index contributed by atoms with van der Waals surface area (Å²) in [5.74, 6) is 0. The molecule has 3 nitrogen and oxygen atoms in total. The van der Waals surface area contributed by atoms with Crippen molar-refractivity contribution in [3.05, 3.63) is 70.6 Å². The van der Waals surface area contributed by atoms with Crippen LogP contribution in [-0.2, 0) is 0 Å². The maximum atomic E-state index is 12.5. The lowest BCUT2D eigenvalue weighted by molar-refractivity contribution is 1.28. The number of benzene rings is 2. The standard InChI is InChI=1S/C18H14N2O/c1-11-5-4-6-12-9-14(18(21)20-17(11)12)15-10-19-16-8-3-2-7-13(15)16/h2-10,19H,1H3,(H,20,21). The molecule has 4 rings (SSSR count). The van der Waals surface area contributed by atoms with E-state index in [1.54, 1.807) is 0 Å². The van der Waals surface area contributed by atoms with Gasteiger partial charge in [-0.15, -0.1) is 0 Å². The summed E-state index contributed by atoms with van der Waals surface area (Å²) >= 11 is 0. The predicted octanol–water partition coefficient (Wildman–Crippen LogP) is 3.98. The number of para-hydroxylation sites is 2. The largest absolute Gasteiger partial charge is 0.361 e. The molecule has 0 aliphatic heterocycles. The normalized spacial score (nSPS) is 11.3. The molecule has 2 heterocycles. The number of H-pyrrole nitrogens is 2. The molecule has 0 unspecified atom stereocenters. The molecule has 0 radical (unpaired) electrons. The van der Waals surface area contributed by atoms with E-state index in [0.717, 1.165) is 32.9 Å². The number of hydrogen-bond acceptors (Lipinski definition) is 1. The minimum atomic E-state index is -0.0541. The van der Waals surface area contributed by atoms with Gasteiger partial charge in [-0.3, -0.25) is 4.79 Å². The Hall–Kier alpha value is -2.81. The summed E-state index contributed by atoms with van der Waals surface area (Å²) < 4.78 is 0. The van der Waals surface area contributed by atoms with Crippen molar-refractivity contribution in [3.8, 4) is 11.1 Å². The van der Waals surface area contributed by atoms with Crippen LogP contribution in [0, 0.1) is 6.92 Å². The second-order valence-electron chi connectivity index (χ2n) is 5.30. The molecular formula is C18H14N2O. The third-order valence-corrected chi connectivity index (χ3v) is 3.97. The van der Waals surface area contributed by atoms with Gasteiger partial charge in [0.05, 0.1) is 5.52 Å². The van der Waals surface area contributed by atoms with E-state index in [0.29, 0.717) is 5.56 Å². The minimum Gasteiger partial charge on any atom is -0.361 e. The summed E-state index contributed by atoms with van der Waals surface area (Å²) in [6.45, 7) is 2.00. The van der Waals surface area contributed by atoms with Crippen molar-refractivity contribution in [3.63, 3.8) is 0 Å². The lowest BCUT2D eigenvalue weighted by atomic mass is 10.0. The Labute approximate surface area is 121 Å². The monoisotopic (exact) mass is 274 g/mol. The van der Waals surface area contributed by atoms with Crippen LogP contribution in [0.2, 0.25) is 0 Å². The molecule has 0 fully saturated rings. The van der Waals surface area contributed by atoms with Crippen LogP contribution < -0.4 is 5.56 Å². The molecule has 3 heteroatoms. The number of aryl methyl sites for hydroxylation is 1. The maximum Gasteiger partial charge on any atom is 0.256 e. The molecule has 0 amide bonds. The van der Waals surface area contributed by atoms with Crippen LogP contribution in [0.5, 0.6) is 0 Å². The Morgan fingerprint density at radius 1 is 0.952 bits per heavy atom. The lowest BCUT2D eigenvalue weighted by Crippen LogP contribution is -2.09. The van der Waals surface area contributed by atoms with Crippen molar-refractivity contribution in [1.82, 2.24) is 9.97 Å². The third-order valence-electron chi connectivity index (χ3n) is 3.97. The second-order valence-corrected chi connectivity index (χ2v) is 5.30. The highest BCUT2D eigenvalue weighted by molar-refractivity contribution is 5.97. The van der Waals surface area contributed by atoms with Gasteiger partial charge in [0.1, 0.15) is 0 Å². The van der Waals surface area contributed by atoms with Crippen molar-refractivity contribution in [2.45, 2.75) is 6.92 Å². The van der Waals surface area contributed by atoms with Gasteiger partial charge >= 0.3 is 0 Å². The van der Waals surface area contributed by atoms with Gasteiger partial charge in [0.25, 0.3) is 5.56 Å². The van der Waals surface area contributed by atoms with Crippen LogP contribution in [-0.4, -0.2) is 9.97 Å². The van der Waals surface area contributed by atoms with Crippen LogP contribution >= 0.6 is 0 Å². The SMILES string of the molecule is Cc1cccc2cc(-c3c[nH]c4ccccc34)c(=O)[nH]c12. The number of aromatic nitrogens is 2. The summed E-state index contributed by atoms with van der Waals surface area (Å²) in [5, 5.41) is 2.12. The molecule has 4 aromatic rings. The third kappa shape index (κ3) is 1.78. The number of hydrogen-bond donors (Lipinski definition) is 2. The van der Waals surface area contributed by atoms with E-state index in [4.69, 9.17) is 0 Å². The van der Waals surface area contributed by atoms with Crippen LogP contribution in [0.15, 0.2) is 59.5 Å². The molecule has 2 aromatic carbocycles. The summed E-state index contributed by atoms with van der Waals surface area (Å²) in [4.78, 5) is 18.7. The van der Waals surface area contributed by atoms with E-state index in [2.05, 4.69) is 9.97 Å². The molecule has 0 saturated heterocycles. The molecule has 2 N–H and O–H groups in total. The Bertz CT molecular complexity index is 1020. The zero-order chi connectivity index (χ0) is 14.4. The highest BCUT2D eigenvalue weighted by atomic mass is 16.1. The summed E-state index contributed by atoms with van der Waals surface area (Å²) in [7, 11) is 0. The van der Waals surface area contributed by atoms with Crippen molar-refractivity contribution in [1.29, 1.82) is 0 Å². The number of fused-ring (bicyclic) bond motifs is 2.